The van der Waals surface area contributed by atoms with E-state index >= 15 is 0 Å². The maximum atomic E-state index is 14.3. The minimum absolute atomic E-state index is 0.0681. The molecular formula is C31H37F2N3O7. The number of Topliss-reactive ketones (excluding diaryl/α,β-unsaturated/α-hetero) is 1. The summed E-state index contributed by atoms with van der Waals surface area (Å²) in [6.45, 7) is 0.804. The van der Waals surface area contributed by atoms with Crippen molar-refractivity contribution in [3.05, 3.63) is 71.3 Å². The fourth-order valence-electron chi connectivity index (χ4n) is 4.83. The molecule has 43 heavy (non-hydrogen) atoms. The summed E-state index contributed by atoms with van der Waals surface area (Å²) in [6, 6.07) is 8.73. The molecule has 3 amide bonds. The van der Waals surface area contributed by atoms with Crippen LogP contribution >= 0.6 is 0 Å². The molecule has 1 unspecified atom stereocenters. The standard InChI is InChI=1S/C31H37F2N3O7/c1-2-43-27(37)17-34-31(41)28(38)26(19-42-18-21-11-7-4-8-12-21)36-30(40)25(15-20-9-5-3-6-10-20)35-29(39)23-16-22(32)13-14-24(23)33/h4,7-8,11-14,16,20,25-26H,2-3,5-6,9-10,15,17-19H2,1H3,(H,34,41)(H,35,39)(H,36,40)/t25-,26?/m1/s1. The number of rotatable bonds is 15. The molecule has 1 aliphatic carbocycles. The maximum Gasteiger partial charge on any atom is 0.325 e. The molecule has 2 aromatic carbocycles. The van der Waals surface area contributed by atoms with Gasteiger partial charge in [-0.05, 0) is 43.0 Å². The van der Waals surface area contributed by atoms with Gasteiger partial charge in [-0.1, -0.05) is 62.4 Å². The van der Waals surface area contributed by atoms with E-state index in [1.165, 1.54) is 0 Å². The zero-order valence-electron chi connectivity index (χ0n) is 24.0. The molecule has 0 bridgehead atoms. The smallest absolute Gasteiger partial charge is 0.325 e. The average Bonchev–Trinajstić information content (AvgIpc) is 3.01. The number of halogens is 2. The first-order valence-electron chi connectivity index (χ1n) is 14.3. The molecule has 2 atom stereocenters. The van der Waals surface area contributed by atoms with Crippen LogP contribution in [0.3, 0.4) is 0 Å². The molecule has 1 aliphatic rings. The molecule has 0 aromatic heterocycles. The highest BCUT2D eigenvalue weighted by Gasteiger charge is 2.33. The van der Waals surface area contributed by atoms with Gasteiger partial charge in [-0.3, -0.25) is 24.0 Å². The number of carbonyl (C=O) groups excluding carboxylic acids is 5. The van der Waals surface area contributed by atoms with Crippen molar-refractivity contribution in [3.63, 3.8) is 0 Å². The summed E-state index contributed by atoms with van der Waals surface area (Å²) in [5, 5.41) is 7.15. The number of nitrogens with one attached hydrogen (secondary N) is 3. The maximum absolute atomic E-state index is 14.3. The summed E-state index contributed by atoms with van der Waals surface area (Å²) in [6.07, 6.45) is 4.75. The van der Waals surface area contributed by atoms with Crippen molar-refractivity contribution >= 4 is 29.5 Å². The number of amides is 3. The second-order valence-corrected chi connectivity index (χ2v) is 10.3. The minimum atomic E-state index is -1.48. The first kappa shape index (κ1) is 33.3. The van der Waals surface area contributed by atoms with Crippen LogP contribution in [0.5, 0.6) is 0 Å². The summed E-state index contributed by atoms with van der Waals surface area (Å²) in [7, 11) is 0. The highest BCUT2D eigenvalue weighted by molar-refractivity contribution is 6.38. The monoisotopic (exact) mass is 601 g/mol. The van der Waals surface area contributed by atoms with E-state index in [9.17, 15) is 32.8 Å². The summed E-state index contributed by atoms with van der Waals surface area (Å²) < 4.78 is 38.5. The molecule has 232 valence electrons. The summed E-state index contributed by atoms with van der Waals surface area (Å²) in [4.78, 5) is 63.8. The lowest BCUT2D eigenvalue weighted by Crippen LogP contribution is -2.56. The molecular weight excluding hydrogens is 564 g/mol. The number of ketones is 1. The Kier molecular flexibility index (Phi) is 13.2. The molecule has 0 aliphatic heterocycles. The first-order chi connectivity index (χ1) is 20.7. The van der Waals surface area contributed by atoms with Gasteiger partial charge in [-0.25, -0.2) is 8.78 Å². The lowest BCUT2D eigenvalue weighted by Gasteiger charge is -2.28. The SMILES string of the molecule is CCOC(=O)CNC(=O)C(=O)C(COCc1ccccc1)NC(=O)[C@@H](CC1CCCCC1)NC(=O)c1cc(F)ccc1F. The van der Waals surface area contributed by atoms with Gasteiger partial charge in [0.2, 0.25) is 11.7 Å². The van der Waals surface area contributed by atoms with Crippen molar-refractivity contribution in [2.45, 2.75) is 64.1 Å². The zero-order valence-corrected chi connectivity index (χ0v) is 24.0. The number of hydrogen-bond donors (Lipinski definition) is 3. The zero-order chi connectivity index (χ0) is 31.2. The molecule has 1 fully saturated rings. The topological polar surface area (TPSA) is 140 Å². The highest BCUT2D eigenvalue weighted by Crippen LogP contribution is 2.27. The Balaban J connectivity index is 1.77. The Morgan fingerprint density at radius 1 is 0.930 bits per heavy atom. The molecule has 1 saturated carbocycles. The van der Waals surface area contributed by atoms with Crippen LogP contribution in [0.4, 0.5) is 8.78 Å². The Bertz CT molecular complexity index is 1270. The van der Waals surface area contributed by atoms with Crippen LogP contribution in [0.2, 0.25) is 0 Å². The van der Waals surface area contributed by atoms with E-state index in [0.29, 0.717) is 0 Å². The number of ether oxygens (including phenoxy) is 2. The summed E-state index contributed by atoms with van der Waals surface area (Å²) in [5.74, 6) is -6.48. The van der Waals surface area contributed by atoms with Crippen molar-refractivity contribution in [1.29, 1.82) is 0 Å². The summed E-state index contributed by atoms with van der Waals surface area (Å²) in [5.41, 5.74) is 0.213. The number of hydrogen-bond acceptors (Lipinski definition) is 7. The van der Waals surface area contributed by atoms with Crippen LogP contribution in [-0.4, -0.2) is 61.3 Å². The van der Waals surface area contributed by atoms with Crippen molar-refractivity contribution in [2.75, 3.05) is 19.8 Å². The predicted octanol–water partition coefficient (Wildman–Crippen LogP) is 2.98. The minimum Gasteiger partial charge on any atom is -0.465 e. The molecule has 2 aromatic rings. The van der Waals surface area contributed by atoms with E-state index in [-0.39, 0.29) is 25.6 Å². The van der Waals surface area contributed by atoms with Crippen LogP contribution in [-0.2, 0) is 35.3 Å². The Morgan fingerprint density at radius 2 is 1.65 bits per heavy atom. The van der Waals surface area contributed by atoms with Crippen LogP contribution in [0.15, 0.2) is 48.5 Å². The van der Waals surface area contributed by atoms with Crippen LogP contribution in [0.25, 0.3) is 0 Å². The third-order valence-corrected chi connectivity index (χ3v) is 7.04. The predicted molar refractivity (Wildman–Crippen MR) is 151 cm³/mol. The molecule has 0 radical (unpaired) electrons. The average molecular weight is 602 g/mol. The van der Waals surface area contributed by atoms with Gasteiger partial charge in [-0.2, -0.15) is 0 Å². The van der Waals surface area contributed by atoms with Gasteiger partial charge < -0.3 is 25.4 Å². The van der Waals surface area contributed by atoms with Gasteiger partial charge in [0.15, 0.2) is 0 Å². The van der Waals surface area contributed by atoms with Crippen LogP contribution in [0, 0.1) is 17.6 Å². The van der Waals surface area contributed by atoms with Gasteiger partial charge >= 0.3 is 5.97 Å². The number of carbonyl (C=O) groups is 5. The largest absolute Gasteiger partial charge is 0.465 e. The van der Waals surface area contributed by atoms with Gasteiger partial charge in [0, 0.05) is 0 Å². The van der Waals surface area contributed by atoms with Gasteiger partial charge in [0.1, 0.15) is 30.3 Å². The van der Waals surface area contributed by atoms with Crippen molar-refractivity contribution in [1.82, 2.24) is 16.0 Å². The molecule has 10 nitrogen and oxygen atoms in total. The van der Waals surface area contributed by atoms with E-state index in [2.05, 4.69) is 16.0 Å². The van der Waals surface area contributed by atoms with Crippen LogP contribution < -0.4 is 16.0 Å². The Labute approximate surface area is 248 Å². The molecule has 3 N–H and O–H groups in total. The van der Waals surface area contributed by atoms with E-state index < -0.39 is 71.9 Å². The van der Waals surface area contributed by atoms with Crippen LogP contribution in [0.1, 0.15) is 61.4 Å². The third kappa shape index (κ3) is 10.9. The Morgan fingerprint density at radius 3 is 2.35 bits per heavy atom. The summed E-state index contributed by atoms with van der Waals surface area (Å²) >= 11 is 0. The molecule has 0 heterocycles. The lowest BCUT2D eigenvalue weighted by molar-refractivity contribution is -0.146. The first-order valence-corrected chi connectivity index (χ1v) is 14.3. The number of benzene rings is 2. The lowest BCUT2D eigenvalue weighted by atomic mass is 9.84. The van der Waals surface area contributed by atoms with Crippen molar-refractivity contribution in [3.8, 4) is 0 Å². The van der Waals surface area contributed by atoms with Gasteiger partial charge in [-0.15, -0.1) is 0 Å². The van der Waals surface area contributed by atoms with Crippen molar-refractivity contribution < 1.29 is 42.2 Å². The van der Waals surface area contributed by atoms with E-state index in [1.54, 1.807) is 31.2 Å². The highest BCUT2D eigenvalue weighted by atomic mass is 19.1. The van der Waals surface area contributed by atoms with Crippen molar-refractivity contribution in [2.24, 2.45) is 5.92 Å². The normalized spacial score (nSPS) is 14.7. The number of esters is 1. The second kappa shape index (κ2) is 17.1. The van der Waals surface area contributed by atoms with Gasteiger partial charge in [0.25, 0.3) is 11.8 Å². The molecule has 12 heteroatoms. The molecule has 0 spiro atoms. The molecule has 0 saturated heterocycles. The molecule has 3 rings (SSSR count). The Hall–Kier alpha value is -4.19. The van der Waals surface area contributed by atoms with Gasteiger partial charge in [0.05, 0.1) is 25.4 Å². The second-order valence-electron chi connectivity index (χ2n) is 10.3. The quantitative estimate of drug-likeness (QED) is 0.211. The van der Waals surface area contributed by atoms with E-state index in [1.807, 2.05) is 6.07 Å². The van der Waals surface area contributed by atoms with E-state index in [4.69, 9.17) is 9.47 Å². The van der Waals surface area contributed by atoms with E-state index in [0.717, 1.165) is 55.9 Å². The fraction of sp³-hybridized carbons (Fsp3) is 0.452. The fourth-order valence-corrected chi connectivity index (χ4v) is 4.83. The third-order valence-electron chi connectivity index (χ3n) is 7.04.